The summed E-state index contributed by atoms with van der Waals surface area (Å²) in [6.07, 6.45) is 2.29. The van der Waals surface area contributed by atoms with Gasteiger partial charge in [-0.3, -0.25) is 4.57 Å². The highest BCUT2D eigenvalue weighted by Crippen LogP contribution is 2.50. The molecule has 0 spiro atoms. The number of rotatable bonds is 4. The van der Waals surface area contributed by atoms with Gasteiger partial charge >= 0.3 is 0 Å². The fourth-order valence-corrected chi connectivity index (χ4v) is 10.1. The Bertz CT molecular complexity index is 3340. The van der Waals surface area contributed by atoms with Crippen molar-refractivity contribution < 1.29 is 0 Å². The average Bonchev–Trinajstić information content (AvgIpc) is 3.78. The summed E-state index contributed by atoms with van der Waals surface area (Å²) in [5.41, 5.74) is 12.0. The van der Waals surface area contributed by atoms with Crippen LogP contribution >= 0.6 is 0 Å². The third-order valence-electron chi connectivity index (χ3n) is 13.4. The highest BCUT2D eigenvalue weighted by Gasteiger charge is 2.39. The molecule has 0 radical (unpaired) electrons. The lowest BCUT2D eigenvalue weighted by molar-refractivity contribution is 0.331. The van der Waals surface area contributed by atoms with Crippen molar-refractivity contribution in [1.29, 1.82) is 0 Å². The Hall–Kier alpha value is -6.59. The first-order valence-electron chi connectivity index (χ1n) is 21.3. The minimum Gasteiger partial charge on any atom is -0.308 e. The lowest BCUT2D eigenvalue weighted by atomic mass is 9.62. The quantitative estimate of drug-likeness (QED) is 0.179. The number of hydrogen-bond acceptors (Lipinski definition) is 3. The Kier molecular flexibility index (Phi) is 7.88. The average molecular weight is 780 g/mol. The highest BCUT2D eigenvalue weighted by atomic mass is 15.2. The fourth-order valence-electron chi connectivity index (χ4n) is 10.1. The summed E-state index contributed by atoms with van der Waals surface area (Å²) in [4.78, 5) is 15.9. The first kappa shape index (κ1) is 36.5. The van der Waals surface area contributed by atoms with Crippen LogP contribution < -0.4 is 0 Å². The Morgan fingerprint density at radius 2 is 1.13 bits per heavy atom. The molecule has 7 aromatic carbocycles. The molecule has 0 bridgehead atoms. The molecule has 0 unspecified atom stereocenters. The molecule has 10 aromatic rings. The van der Waals surface area contributed by atoms with E-state index in [9.17, 15) is 0 Å². The van der Waals surface area contributed by atoms with Crippen molar-refractivity contribution in [2.75, 3.05) is 0 Å². The maximum Gasteiger partial charge on any atom is 0.238 e. The molecular formula is C55H49N5. The molecule has 3 heterocycles. The van der Waals surface area contributed by atoms with Crippen LogP contribution in [-0.2, 0) is 16.2 Å². The summed E-state index contributed by atoms with van der Waals surface area (Å²) in [7, 11) is 0. The molecule has 0 fully saturated rings. The largest absolute Gasteiger partial charge is 0.308 e. The van der Waals surface area contributed by atoms with E-state index in [1.165, 1.54) is 60.3 Å². The molecule has 0 saturated carbocycles. The van der Waals surface area contributed by atoms with Crippen LogP contribution in [0.3, 0.4) is 0 Å². The van der Waals surface area contributed by atoms with Crippen LogP contribution in [-0.4, -0.2) is 24.1 Å². The molecule has 5 nitrogen and oxygen atoms in total. The van der Waals surface area contributed by atoms with Gasteiger partial charge in [0.2, 0.25) is 5.95 Å². The second-order valence-electron chi connectivity index (χ2n) is 19.2. The Balaban J connectivity index is 1.29. The minimum absolute atomic E-state index is 0.00580. The van der Waals surface area contributed by atoms with Gasteiger partial charge in [0.15, 0.2) is 11.6 Å². The van der Waals surface area contributed by atoms with E-state index in [1.54, 1.807) is 0 Å². The van der Waals surface area contributed by atoms with E-state index in [-0.39, 0.29) is 16.2 Å². The standard InChI is InChI=1S/C55H49N5/c1-53(2,3)37-27-24-36(25-28-37)51-56-50(35-17-9-8-10-18-35)57-52(58-51)60-43-22-14-13-20-39(43)40-30-31-44-46(49(40)60)41-29-26-34-16-11-12-19-38(34)48(41)59(44)45-23-15-21-42-47(45)55(6,7)33-32-54(42,4)5/h8-31H,32-33H2,1-7H3. The number of aromatic nitrogens is 5. The smallest absolute Gasteiger partial charge is 0.238 e. The summed E-state index contributed by atoms with van der Waals surface area (Å²) in [5.74, 6) is 1.88. The topological polar surface area (TPSA) is 48.5 Å². The van der Waals surface area contributed by atoms with E-state index in [1.807, 2.05) is 18.2 Å². The van der Waals surface area contributed by atoms with Gasteiger partial charge in [0.1, 0.15) is 0 Å². The first-order valence-corrected chi connectivity index (χ1v) is 21.3. The summed E-state index contributed by atoms with van der Waals surface area (Å²) in [6.45, 7) is 16.4. The maximum atomic E-state index is 5.39. The molecular weight excluding hydrogens is 731 g/mol. The second-order valence-corrected chi connectivity index (χ2v) is 19.2. The van der Waals surface area contributed by atoms with Gasteiger partial charge in [0.25, 0.3) is 0 Å². The summed E-state index contributed by atoms with van der Waals surface area (Å²) < 4.78 is 4.89. The number of nitrogens with zero attached hydrogens (tertiary/aromatic N) is 5. The maximum absolute atomic E-state index is 5.39. The Morgan fingerprint density at radius 3 is 1.88 bits per heavy atom. The lowest BCUT2D eigenvalue weighted by Gasteiger charge is -2.43. The van der Waals surface area contributed by atoms with Gasteiger partial charge in [-0.2, -0.15) is 9.97 Å². The van der Waals surface area contributed by atoms with Crippen LogP contribution in [0, 0.1) is 0 Å². The molecule has 11 rings (SSSR count). The van der Waals surface area contributed by atoms with Crippen molar-refractivity contribution in [2.45, 2.75) is 77.6 Å². The zero-order valence-electron chi connectivity index (χ0n) is 35.5. The third kappa shape index (κ3) is 5.48. The monoisotopic (exact) mass is 779 g/mol. The van der Waals surface area contributed by atoms with Gasteiger partial charge in [-0.1, -0.05) is 176 Å². The zero-order chi connectivity index (χ0) is 41.1. The zero-order valence-corrected chi connectivity index (χ0v) is 35.5. The molecule has 0 atom stereocenters. The van der Waals surface area contributed by atoms with Crippen molar-refractivity contribution in [2.24, 2.45) is 0 Å². The highest BCUT2D eigenvalue weighted by molar-refractivity contribution is 6.29. The molecule has 1 aliphatic carbocycles. The van der Waals surface area contributed by atoms with E-state index in [0.29, 0.717) is 17.6 Å². The summed E-state index contributed by atoms with van der Waals surface area (Å²) in [5, 5.41) is 7.18. The second kappa shape index (κ2) is 13.0. The molecule has 60 heavy (non-hydrogen) atoms. The van der Waals surface area contributed by atoms with Crippen LogP contribution in [0.2, 0.25) is 0 Å². The predicted octanol–water partition coefficient (Wildman–Crippen LogP) is 14.2. The van der Waals surface area contributed by atoms with Crippen molar-refractivity contribution >= 4 is 54.4 Å². The molecule has 5 heteroatoms. The Labute approximate surface area is 351 Å². The normalized spacial score (nSPS) is 15.1. The number of fused-ring (bicyclic) bond motifs is 10. The van der Waals surface area contributed by atoms with E-state index < -0.39 is 0 Å². The number of para-hydroxylation sites is 1. The van der Waals surface area contributed by atoms with E-state index in [4.69, 9.17) is 15.0 Å². The van der Waals surface area contributed by atoms with Crippen molar-refractivity contribution in [3.63, 3.8) is 0 Å². The van der Waals surface area contributed by atoms with Crippen molar-refractivity contribution in [3.05, 3.63) is 162 Å². The van der Waals surface area contributed by atoms with E-state index in [0.717, 1.165) is 40.4 Å². The van der Waals surface area contributed by atoms with E-state index in [2.05, 4.69) is 185 Å². The Morgan fingerprint density at radius 1 is 0.483 bits per heavy atom. The molecule has 0 saturated heterocycles. The van der Waals surface area contributed by atoms with Gasteiger partial charge in [0.05, 0.1) is 27.8 Å². The molecule has 0 aliphatic heterocycles. The third-order valence-corrected chi connectivity index (χ3v) is 13.4. The molecule has 1 aliphatic rings. The molecule has 0 N–H and O–H groups in total. The lowest BCUT2D eigenvalue weighted by Crippen LogP contribution is -2.35. The van der Waals surface area contributed by atoms with Gasteiger partial charge < -0.3 is 4.57 Å². The SMILES string of the molecule is CC(C)(C)c1ccc(-c2nc(-c3ccccc3)nc(-n3c4ccccc4c4ccc5c(c6ccc7ccccc7c6n5-c5cccc6c5C(C)(C)CCC6(C)C)c43)n2)cc1. The van der Waals surface area contributed by atoms with Crippen LogP contribution in [0.4, 0.5) is 0 Å². The van der Waals surface area contributed by atoms with Gasteiger partial charge in [-0.15, -0.1) is 0 Å². The molecule has 294 valence electrons. The number of hydrogen-bond donors (Lipinski definition) is 0. The summed E-state index contributed by atoms with van der Waals surface area (Å²) >= 11 is 0. The predicted molar refractivity (Wildman–Crippen MR) is 251 cm³/mol. The van der Waals surface area contributed by atoms with Crippen LogP contribution in [0.1, 0.15) is 78.0 Å². The first-order chi connectivity index (χ1) is 28.9. The fraction of sp³-hybridized carbons (Fsp3) is 0.218. The van der Waals surface area contributed by atoms with E-state index >= 15 is 0 Å². The minimum atomic E-state index is -0.00580. The summed E-state index contributed by atoms with van der Waals surface area (Å²) in [6, 6.07) is 52.9. The molecule has 3 aromatic heterocycles. The van der Waals surface area contributed by atoms with Crippen molar-refractivity contribution in [3.8, 4) is 34.4 Å². The van der Waals surface area contributed by atoms with Crippen LogP contribution in [0.15, 0.2) is 146 Å². The number of benzene rings is 7. The van der Waals surface area contributed by atoms with Gasteiger partial charge in [-0.25, -0.2) is 4.98 Å². The van der Waals surface area contributed by atoms with Gasteiger partial charge in [0, 0.05) is 38.1 Å². The van der Waals surface area contributed by atoms with Crippen LogP contribution in [0.25, 0.3) is 88.8 Å². The van der Waals surface area contributed by atoms with Crippen molar-refractivity contribution in [1.82, 2.24) is 24.1 Å². The molecule has 0 amide bonds. The van der Waals surface area contributed by atoms with Gasteiger partial charge in [-0.05, 0) is 69.4 Å². The van der Waals surface area contributed by atoms with Crippen LogP contribution in [0.5, 0.6) is 0 Å².